The molecule has 0 aromatic heterocycles. The average molecular weight is 995 g/mol. The molecule has 0 aliphatic carbocycles. The maximum atomic E-state index is 11.8. The summed E-state index contributed by atoms with van der Waals surface area (Å²) in [5.74, 6) is 10.2. The molecule has 12 heteroatoms. The average Bonchev–Trinajstić information content (AvgIpc) is 3.41. The third kappa shape index (κ3) is 23.2. The Morgan fingerprint density at radius 2 is 0.486 bits per heavy atom. The van der Waals surface area contributed by atoms with Crippen molar-refractivity contribution in [1.82, 2.24) is 0 Å². The first kappa shape index (κ1) is 57.4. The van der Waals surface area contributed by atoms with Crippen molar-refractivity contribution in [1.29, 1.82) is 0 Å². The third-order valence-electron chi connectivity index (χ3n) is 10.3. The molecule has 0 saturated heterocycles. The zero-order chi connectivity index (χ0) is 53.5. The quantitative estimate of drug-likeness (QED) is 0.0441. The standard InChI is InChI=1S/C24H26O4.C20H18O4.C18H14O4/c1-3-5-7-19-9-13-21(14-10-19)27-23(25)17-18-24(26)28-22-15-11-20(12-16-22)8-6-4-2;1-3-15-5-9-17(10-6-15)23-19(21)13-14-20(22)24-18-11-7-16(4-2)8-12-18;1-13-3-7-15(8-4-13)21-17(19)11-12-18(20)22-16-9-5-14(2)6-10-16/h9-16H,3-8H2,1-2H3;5-12H,3-4H2,1-2H3;3-10H,1-2H3. The molecule has 0 fully saturated rings. The molecule has 0 heterocycles. The number of unbranched alkanes of at least 4 members (excludes halogenated alkanes) is 2. The van der Waals surface area contributed by atoms with E-state index in [1.807, 2.05) is 100 Å². The Morgan fingerprint density at radius 3 is 0.676 bits per heavy atom. The lowest BCUT2D eigenvalue weighted by atomic mass is 10.1. The zero-order valence-corrected chi connectivity index (χ0v) is 42.4. The van der Waals surface area contributed by atoms with Crippen molar-refractivity contribution in [2.24, 2.45) is 0 Å². The molecule has 0 bridgehead atoms. The summed E-state index contributed by atoms with van der Waals surface area (Å²) in [6.45, 7) is 12.2. The largest absolute Gasteiger partial charge is 0.417 e. The van der Waals surface area contributed by atoms with Crippen molar-refractivity contribution < 1.29 is 57.2 Å². The summed E-state index contributed by atoms with van der Waals surface area (Å²) in [4.78, 5) is 69.7. The number of carbonyl (C=O) groups excluding carboxylic acids is 6. The lowest BCUT2D eigenvalue weighted by molar-refractivity contribution is -0.130. The van der Waals surface area contributed by atoms with Crippen LogP contribution in [0, 0.1) is 49.4 Å². The summed E-state index contributed by atoms with van der Waals surface area (Å²) < 4.78 is 30.2. The van der Waals surface area contributed by atoms with Gasteiger partial charge in [0.05, 0.1) is 0 Å². The SMILES string of the molecule is CCCCc1ccc(OC(=O)C#CC(=O)Oc2ccc(CCCC)cc2)cc1.CCc1ccc(OC(=O)C#CC(=O)Oc2ccc(CC)cc2)cc1.Cc1ccc(OC(=O)C#CC(=O)Oc2ccc(C)cc2)cc1. The number of benzene rings is 6. The van der Waals surface area contributed by atoms with Gasteiger partial charge in [-0.15, -0.1) is 0 Å². The van der Waals surface area contributed by atoms with E-state index in [2.05, 4.69) is 49.4 Å². The van der Waals surface area contributed by atoms with Gasteiger partial charge in [-0.1, -0.05) is 124 Å². The van der Waals surface area contributed by atoms with E-state index in [0.29, 0.717) is 34.5 Å². The predicted molar refractivity (Wildman–Crippen MR) is 281 cm³/mol. The highest BCUT2D eigenvalue weighted by Gasteiger charge is 2.08. The van der Waals surface area contributed by atoms with Crippen molar-refractivity contribution in [3.63, 3.8) is 0 Å². The van der Waals surface area contributed by atoms with Gasteiger partial charge >= 0.3 is 35.8 Å². The zero-order valence-electron chi connectivity index (χ0n) is 42.4. The van der Waals surface area contributed by atoms with Crippen LogP contribution in [0.4, 0.5) is 0 Å². The molecule has 6 aromatic carbocycles. The maximum Gasteiger partial charge on any atom is 0.390 e. The van der Waals surface area contributed by atoms with E-state index in [0.717, 1.165) is 73.6 Å². The topological polar surface area (TPSA) is 158 Å². The molecule has 0 unspecified atom stereocenters. The lowest BCUT2D eigenvalue weighted by Gasteiger charge is -2.03. The number of carbonyl (C=O) groups is 6. The van der Waals surface area contributed by atoms with Crippen LogP contribution in [-0.2, 0) is 54.5 Å². The summed E-state index contributed by atoms with van der Waals surface area (Å²) in [6, 6.07) is 42.6. The van der Waals surface area contributed by atoms with Crippen molar-refractivity contribution >= 4 is 35.8 Å². The van der Waals surface area contributed by atoms with Gasteiger partial charge in [-0.25, -0.2) is 28.8 Å². The van der Waals surface area contributed by atoms with Gasteiger partial charge in [0.1, 0.15) is 34.5 Å². The fourth-order valence-corrected chi connectivity index (χ4v) is 6.11. The normalized spacial score (nSPS) is 9.65. The van der Waals surface area contributed by atoms with E-state index in [1.54, 1.807) is 72.8 Å². The highest BCUT2D eigenvalue weighted by molar-refractivity contribution is 6.01. The Balaban J connectivity index is 0.000000242. The second-order valence-electron chi connectivity index (χ2n) is 16.2. The van der Waals surface area contributed by atoms with Crippen LogP contribution in [0.5, 0.6) is 34.5 Å². The van der Waals surface area contributed by atoms with Crippen LogP contribution in [0.2, 0.25) is 0 Å². The van der Waals surface area contributed by atoms with Crippen LogP contribution >= 0.6 is 0 Å². The van der Waals surface area contributed by atoms with Crippen LogP contribution in [-0.4, -0.2) is 35.8 Å². The molecular formula is C62H58O12. The van der Waals surface area contributed by atoms with Crippen molar-refractivity contribution in [3.8, 4) is 70.0 Å². The van der Waals surface area contributed by atoms with E-state index in [4.69, 9.17) is 28.4 Å². The molecular weight excluding hydrogens is 937 g/mol. The Labute approximate surface area is 433 Å². The molecule has 74 heavy (non-hydrogen) atoms. The van der Waals surface area contributed by atoms with E-state index in [-0.39, 0.29) is 0 Å². The van der Waals surface area contributed by atoms with Gasteiger partial charge in [0, 0.05) is 35.5 Å². The van der Waals surface area contributed by atoms with E-state index >= 15 is 0 Å². The van der Waals surface area contributed by atoms with Gasteiger partial charge in [0.2, 0.25) is 0 Å². The van der Waals surface area contributed by atoms with E-state index in [1.165, 1.54) is 11.1 Å². The molecule has 378 valence electrons. The molecule has 6 aromatic rings. The van der Waals surface area contributed by atoms with Gasteiger partial charge in [-0.3, -0.25) is 0 Å². The fraction of sp³-hybridized carbons (Fsp3) is 0.226. The predicted octanol–water partition coefficient (Wildman–Crippen LogP) is 11.0. The number of hydrogen-bond donors (Lipinski definition) is 0. The van der Waals surface area contributed by atoms with Gasteiger partial charge in [-0.05, 0) is 147 Å². The van der Waals surface area contributed by atoms with Crippen LogP contribution in [0.3, 0.4) is 0 Å². The minimum absolute atomic E-state index is 0.372. The fourth-order valence-electron chi connectivity index (χ4n) is 6.11. The van der Waals surface area contributed by atoms with Crippen LogP contribution in [0.15, 0.2) is 146 Å². The highest BCUT2D eigenvalue weighted by atomic mass is 16.6. The van der Waals surface area contributed by atoms with Crippen molar-refractivity contribution in [2.45, 2.75) is 92.9 Å². The van der Waals surface area contributed by atoms with Crippen LogP contribution < -0.4 is 28.4 Å². The first-order chi connectivity index (χ1) is 35.7. The van der Waals surface area contributed by atoms with Crippen LogP contribution in [0.1, 0.15) is 86.8 Å². The molecule has 12 nitrogen and oxygen atoms in total. The summed E-state index contributed by atoms with van der Waals surface area (Å²) >= 11 is 0. The monoisotopic (exact) mass is 994 g/mol. The van der Waals surface area contributed by atoms with Gasteiger partial charge in [0.15, 0.2) is 0 Å². The van der Waals surface area contributed by atoms with Gasteiger partial charge < -0.3 is 28.4 Å². The van der Waals surface area contributed by atoms with Crippen molar-refractivity contribution in [3.05, 3.63) is 179 Å². The first-order valence-electron chi connectivity index (χ1n) is 24.1. The third-order valence-corrected chi connectivity index (χ3v) is 10.3. The molecule has 0 amide bonds. The molecule has 0 spiro atoms. The minimum atomic E-state index is -0.815. The molecule has 0 N–H and O–H groups in total. The summed E-state index contributed by atoms with van der Waals surface area (Å²) in [5, 5.41) is 0. The summed E-state index contributed by atoms with van der Waals surface area (Å²) in [5.41, 5.74) is 6.76. The van der Waals surface area contributed by atoms with E-state index in [9.17, 15) is 28.8 Å². The summed E-state index contributed by atoms with van der Waals surface area (Å²) in [7, 11) is 0. The molecule has 0 atom stereocenters. The Bertz CT molecular complexity index is 2780. The minimum Gasteiger partial charge on any atom is -0.417 e. The maximum absolute atomic E-state index is 11.8. The molecule has 0 aliphatic heterocycles. The Hall–Kier alpha value is -9.18. The number of esters is 6. The van der Waals surface area contributed by atoms with Crippen molar-refractivity contribution in [2.75, 3.05) is 0 Å². The highest BCUT2D eigenvalue weighted by Crippen LogP contribution is 2.18. The van der Waals surface area contributed by atoms with Gasteiger partial charge in [0.25, 0.3) is 0 Å². The second kappa shape index (κ2) is 31.9. The molecule has 0 radical (unpaired) electrons. The molecule has 6 rings (SSSR count). The summed E-state index contributed by atoms with van der Waals surface area (Å²) in [6.07, 6.45) is 8.29. The van der Waals surface area contributed by atoms with E-state index < -0.39 is 35.8 Å². The van der Waals surface area contributed by atoms with Crippen LogP contribution in [0.25, 0.3) is 0 Å². The Morgan fingerprint density at radius 1 is 0.297 bits per heavy atom. The number of rotatable bonds is 14. The number of hydrogen-bond acceptors (Lipinski definition) is 12. The molecule has 0 saturated carbocycles. The second-order valence-corrected chi connectivity index (χ2v) is 16.2. The smallest absolute Gasteiger partial charge is 0.390 e. The number of ether oxygens (including phenoxy) is 6. The Kier molecular flexibility index (Phi) is 24.8. The first-order valence-corrected chi connectivity index (χ1v) is 24.1. The van der Waals surface area contributed by atoms with Gasteiger partial charge in [-0.2, -0.15) is 0 Å². The lowest BCUT2D eigenvalue weighted by Crippen LogP contribution is -2.08. The number of aryl methyl sites for hydroxylation is 6. The molecule has 0 aliphatic rings.